The minimum atomic E-state index is -0.175. The van der Waals surface area contributed by atoms with E-state index in [2.05, 4.69) is 5.32 Å². The minimum absolute atomic E-state index is 0.129. The highest BCUT2D eigenvalue weighted by atomic mass is 35.5. The summed E-state index contributed by atoms with van der Waals surface area (Å²) in [5.74, 6) is 1.20. The van der Waals surface area contributed by atoms with Crippen LogP contribution in [0.1, 0.15) is 10.6 Å². The summed E-state index contributed by atoms with van der Waals surface area (Å²) < 4.78 is 11.1. The van der Waals surface area contributed by atoms with E-state index in [1.165, 1.54) is 6.26 Å². The fraction of sp³-hybridized carbons (Fsp3) is 0.217. The molecule has 0 atom stereocenters. The average Bonchev–Trinajstić information content (AvgIpc) is 3.31. The summed E-state index contributed by atoms with van der Waals surface area (Å²) in [6.45, 7) is 2.48. The van der Waals surface area contributed by atoms with Gasteiger partial charge in [-0.25, -0.2) is 0 Å². The van der Waals surface area contributed by atoms with Crippen molar-refractivity contribution in [1.29, 1.82) is 0 Å². The number of nitrogens with one attached hydrogen (secondary N) is 1. The largest absolute Gasteiger partial charge is 0.459 e. The monoisotopic (exact) mass is 439 g/mol. The van der Waals surface area contributed by atoms with Crippen LogP contribution in [-0.2, 0) is 4.79 Å². The number of nitrogens with zero attached hydrogens (tertiary/aromatic N) is 2. The molecule has 8 heteroatoms. The van der Waals surface area contributed by atoms with Crippen LogP contribution in [0, 0.1) is 0 Å². The smallest absolute Gasteiger partial charge is 0.289 e. The summed E-state index contributed by atoms with van der Waals surface area (Å²) in [6, 6.07) is 17.8. The zero-order chi connectivity index (χ0) is 21.6. The molecule has 2 heterocycles. The zero-order valence-corrected chi connectivity index (χ0v) is 17.5. The second kappa shape index (κ2) is 9.68. The minimum Gasteiger partial charge on any atom is -0.459 e. The first-order valence-electron chi connectivity index (χ1n) is 9.96. The number of ether oxygens (including phenoxy) is 1. The number of benzene rings is 2. The molecule has 2 aromatic carbocycles. The van der Waals surface area contributed by atoms with Gasteiger partial charge in [-0.15, -0.1) is 0 Å². The molecule has 1 fully saturated rings. The predicted octanol–water partition coefficient (Wildman–Crippen LogP) is 4.12. The van der Waals surface area contributed by atoms with E-state index in [4.69, 9.17) is 20.8 Å². The normalized spacial score (nSPS) is 14.3. The molecular weight excluding hydrogens is 418 g/mol. The van der Waals surface area contributed by atoms with Crippen LogP contribution in [0.4, 0.5) is 5.69 Å². The molecule has 0 aliphatic carbocycles. The maximum Gasteiger partial charge on any atom is 0.289 e. The van der Waals surface area contributed by atoms with Crippen LogP contribution in [0.25, 0.3) is 0 Å². The molecule has 0 unspecified atom stereocenters. The van der Waals surface area contributed by atoms with Crippen molar-refractivity contribution in [2.45, 2.75) is 0 Å². The maximum atomic E-state index is 12.7. The van der Waals surface area contributed by atoms with Crippen molar-refractivity contribution >= 4 is 29.1 Å². The molecular formula is C23H22ClN3O4. The summed E-state index contributed by atoms with van der Waals surface area (Å²) >= 11 is 6.12. The van der Waals surface area contributed by atoms with Crippen LogP contribution in [0.2, 0.25) is 5.02 Å². The quantitative estimate of drug-likeness (QED) is 0.625. The molecule has 0 radical (unpaired) electrons. The average molecular weight is 440 g/mol. The predicted molar refractivity (Wildman–Crippen MR) is 118 cm³/mol. The summed E-state index contributed by atoms with van der Waals surface area (Å²) in [5, 5.41) is 3.39. The SMILES string of the molecule is O=C(CN1CCN(C(=O)c2ccco2)CC1)Nc1cc(Cl)ccc1Oc1ccccc1. The molecule has 0 bridgehead atoms. The van der Waals surface area contributed by atoms with E-state index in [1.54, 1.807) is 35.2 Å². The van der Waals surface area contributed by atoms with Crippen molar-refractivity contribution in [2.75, 3.05) is 38.0 Å². The number of carbonyl (C=O) groups is 2. The topological polar surface area (TPSA) is 75.0 Å². The second-order valence-electron chi connectivity index (χ2n) is 7.15. The Bertz CT molecular complexity index is 1030. The Hall–Kier alpha value is -3.29. The highest BCUT2D eigenvalue weighted by Gasteiger charge is 2.24. The first-order chi connectivity index (χ1) is 15.1. The first kappa shape index (κ1) is 21.0. The maximum absolute atomic E-state index is 12.7. The van der Waals surface area contributed by atoms with Gasteiger partial charge in [0.1, 0.15) is 5.75 Å². The lowest BCUT2D eigenvalue weighted by molar-refractivity contribution is -0.117. The van der Waals surface area contributed by atoms with Crippen molar-refractivity contribution in [3.8, 4) is 11.5 Å². The Kier molecular flexibility index (Phi) is 6.54. The van der Waals surface area contributed by atoms with Crippen molar-refractivity contribution in [1.82, 2.24) is 9.80 Å². The summed E-state index contributed by atoms with van der Waals surface area (Å²) in [6.07, 6.45) is 1.49. The van der Waals surface area contributed by atoms with Crippen LogP contribution in [0.5, 0.6) is 11.5 Å². The van der Waals surface area contributed by atoms with Crippen molar-refractivity contribution in [3.05, 3.63) is 77.7 Å². The van der Waals surface area contributed by atoms with E-state index in [-0.39, 0.29) is 18.4 Å². The first-order valence-corrected chi connectivity index (χ1v) is 10.3. The molecule has 31 heavy (non-hydrogen) atoms. The van der Waals surface area contributed by atoms with Gasteiger partial charge in [0.05, 0.1) is 18.5 Å². The Morgan fingerprint density at radius 3 is 2.48 bits per heavy atom. The van der Waals surface area contributed by atoms with Gasteiger partial charge in [0.15, 0.2) is 11.5 Å². The number of hydrogen-bond acceptors (Lipinski definition) is 5. The molecule has 1 aliphatic heterocycles. The van der Waals surface area contributed by atoms with Gasteiger partial charge in [-0.2, -0.15) is 0 Å². The number of halogens is 1. The van der Waals surface area contributed by atoms with Crippen LogP contribution in [0.15, 0.2) is 71.3 Å². The molecule has 7 nitrogen and oxygen atoms in total. The molecule has 2 amide bonds. The Morgan fingerprint density at radius 2 is 1.77 bits per heavy atom. The van der Waals surface area contributed by atoms with Gasteiger partial charge in [0, 0.05) is 31.2 Å². The molecule has 0 saturated carbocycles. The molecule has 4 rings (SSSR count). The van der Waals surface area contributed by atoms with Crippen molar-refractivity contribution < 1.29 is 18.7 Å². The highest BCUT2D eigenvalue weighted by Crippen LogP contribution is 2.32. The third kappa shape index (κ3) is 5.45. The second-order valence-corrected chi connectivity index (χ2v) is 7.59. The van der Waals surface area contributed by atoms with Gasteiger partial charge < -0.3 is 19.4 Å². The lowest BCUT2D eigenvalue weighted by Gasteiger charge is -2.33. The van der Waals surface area contributed by atoms with Crippen molar-refractivity contribution in [2.24, 2.45) is 0 Å². The number of furan rings is 1. The fourth-order valence-corrected chi connectivity index (χ4v) is 3.53. The van der Waals surface area contributed by atoms with Crippen molar-refractivity contribution in [3.63, 3.8) is 0 Å². The summed E-state index contributed by atoms with van der Waals surface area (Å²) in [4.78, 5) is 28.7. The van der Waals surface area contributed by atoms with Gasteiger partial charge in [-0.1, -0.05) is 29.8 Å². The third-order valence-electron chi connectivity index (χ3n) is 4.95. The molecule has 1 aliphatic rings. The number of amides is 2. The highest BCUT2D eigenvalue weighted by molar-refractivity contribution is 6.31. The van der Waals surface area contributed by atoms with Gasteiger partial charge in [0.25, 0.3) is 5.91 Å². The molecule has 160 valence electrons. The molecule has 1 saturated heterocycles. The molecule has 1 N–H and O–H groups in total. The molecule has 0 spiro atoms. The standard InChI is InChI=1S/C23H22ClN3O4/c24-17-8-9-20(31-18-5-2-1-3-6-18)19(15-17)25-22(28)16-26-10-12-27(13-11-26)23(29)21-7-4-14-30-21/h1-9,14-15H,10-13,16H2,(H,25,28). The number of rotatable bonds is 6. The lowest BCUT2D eigenvalue weighted by atomic mass is 10.2. The fourth-order valence-electron chi connectivity index (χ4n) is 3.36. The van der Waals surface area contributed by atoms with Gasteiger partial charge in [-0.3, -0.25) is 14.5 Å². The van der Waals surface area contributed by atoms with E-state index < -0.39 is 0 Å². The summed E-state index contributed by atoms with van der Waals surface area (Å²) in [5.41, 5.74) is 0.507. The van der Waals surface area contributed by atoms with Crippen LogP contribution in [-0.4, -0.2) is 54.3 Å². The Labute approximate surface area is 185 Å². The van der Waals surface area contributed by atoms with Gasteiger partial charge in [0.2, 0.25) is 5.91 Å². The number of hydrogen-bond donors (Lipinski definition) is 1. The number of piperazine rings is 1. The van der Waals surface area contributed by atoms with Crippen LogP contribution >= 0.6 is 11.6 Å². The molecule has 3 aromatic rings. The van der Waals surface area contributed by atoms with E-state index >= 15 is 0 Å². The Balaban J connectivity index is 1.33. The zero-order valence-electron chi connectivity index (χ0n) is 16.8. The summed E-state index contributed by atoms with van der Waals surface area (Å²) in [7, 11) is 0. The van der Waals surface area contributed by atoms with Crippen LogP contribution < -0.4 is 10.1 Å². The van der Waals surface area contributed by atoms with E-state index in [0.717, 1.165) is 0 Å². The van der Waals surface area contributed by atoms with E-state index in [1.807, 2.05) is 35.2 Å². The molecule has 1 aromatic heterocycles. The van der Waals surface area contributed by atoms with E-state index in [0.29, 0.717) is 54.1 Å². The number of para-hydroxylation sites is 1. The Morgan fingerprint density at radius 1 is 1.00 bits per heavy atom. The van der Waals surface area contributed by atoms with E-state index in [9.17, 15) is 9.59 Å². The van der Waals surface area contributed by atoms with Gasteiger partial charge in [-0.05, 0) is 42.5 Å². The number of carbonyl (C=O) groups excluding carboxylic acids is 2. The van der Waals surface area contributed by atoms with Gasteiger partial charge >= 0.3 is 0 Å². The lowest BCUT2D eigenvalue weighted by Crippen LogP contribution is -2.50. The van der Waals surface area contributed by atoms with Crippen LogP contribution in [0.3, 0.4) is 0 Å². The third-order valence-corrected chi connectivity index (χ3v) is 5.18. The number of anilines is 1.